The SMILES string of the molecule is CC(C)=CCCC(C)(OC1OC(CO)C(O)C(O)C1OC1OC(C)C(O)C(O)C1O)C1CCC2(C)C1C(O)CC1C3(C)CCC(OC4OC(CO)C(O)C(O)C4OC4OC(CO)C(O)C(O)C4O)C(C)(C)C3CCC12C. The van der Waals surface area contributed by atoms with E-state index >= 15 is 0 Å². The Morgan fingerprint density at radius 3 is 1.62 bits per heavy atom. The molecule has 4 saturated carbocycles. The van der Waals surface area contributed by atoms with Gasteiger partial charge in [0.2, 0.25) is 0 Å². The van der Waals surface area contributed by atoms with Crippen LogP contribution in [0.1, 0.15) is 120 Å². The Hall–Kier alpha value is -1.14. The van der Waals surface area contributed by atoms with Crippen molar-refractivity contribution in [1.29, 1.82) is 0 Å². The monoisotopic (exact) mass is 1090 g/mol. The fourth-order valence-electron chi connectivity index (χ4n) is 16.3. The molecule has 22 nitrogen and oxygen atoms in total. The molecule has 0 aromatic carbocycles. The number of ether oxygens (including phenoxy) is 8. The summed E-state index contributed by atoms with van der Waals surface area (Å²) >= 11 is 0. The van der Waals surface area contributed by atoms with Gasteiger partial charge in [0.25, 0.3) is 0 Å². The van der Waals surface area contributed by atoms with Crippen LogP contribution in [0.2, 0.25) is 0 Å². The van der Waals surface area contributed by atoms with Gasteiger partial charge in [-0.15, -0.1) is 0 Å². The van der Waals surface area contributed by atoms with E-state index < -0.39 is 171 Å². The summed E-state index contributed by atoms with van der Waals surface area (Å²) in [5, 5.41) is 152. The summed E-state index contributed by atoms with van der Waals surface area (Å²) in [6.07, 6.45) is -24.2. The predicted molar refractivity (Wildman–Crippen MR) is 265 cm³/mol. The van der Waals surface area contributed by atoms with Gasteiger partial charge in [-0.3, -0.25) is 0 Å². The zero-order chi connectivity index (χ0) is 55.9. The van der Waals surface area contributed by atoms with E-state index in [1.807, 2.05) is 20.8 Å². The molecule has 22 heteroatoms. The summed E-state index contributed by atoms with van der Waals surface area (Å²) in [7, 11) is 0. The summed E-state index contributed by atoms with van der Waals surface area (Å²) in [6, 6.07) is 0. The minimum absolute atomic E-state index is 0.0374. The fourth-order valence-corrected chi connectivity index (χ4v) is 16.3. The lowest BCUT2D eigenvalue weighted by Crippen LogP contribution is -2.68. The third-order valence-corrected chi connectivity index (χ3v) is 20.9. The highest BCUT2D eigenvalue weighted by Gasteiger charge is 2.72. The van der Waals surface area contributed by atoms with Crippen LogP contribution in [0, 0.1) is 45.3 Å². The average Bonchev–Trinajstić information content (AvgIpc) is 3.76. The largest absolute Gasteiger partial charge is 0.394 e. The normalized spacial score (nSPS) is 53.2. The molecule has 14 N–H and O–H groups in total. The number of fused-ring (bicyclic) bond motifs is 5. The number of hydrogen-bond acceptors (Lipinski definition) is 22. The van der Waals surface area contributed by atoms with Gasteiger partial charge in [-0.05, 0) is 131 Å². The highest BCUT2D eigenvalue weighted by Crippen LogP contribution is 2.76. The standard InChI is InChI=1S/C54H92O22/c1-23(2)11-10-15-54(9,76-49-45(41(66)37(62)29(22-57)72-49)75-46-42(67)38(63)34(59)24(3)69-46)25-12-17-53(8)33(25)26(58)19-31-51(6)16-14-32(50(4,5)30(51)13-18-52(31,53)7)73-48-44(40(65)36(61)28(21-56)71-48)74-47-43(68)39(64)35(60)27(20-55)70-47/h11,24-49,55-68H,10,12-22H2,1-9H3. The van der Waals surface area contributed by atoms with E-state index in [0.29, 0.717) is 38.5 Å². The van der Waals surface area contributed by atoms with Crippen molar-refractivity contribution in [1.82, 2.24) is 0 Å². The van der Waals surface area contributed by atoms with Crippen molar-refractivity contribution in [2.75, 3.05) is 19.8 Å². The fraction of sp³-hybridized carbons (Fsp3) is 0.963. The predicted octanol–water partition coefficient (Wildman–Crippen LogP) is -1.17. The summed E-state index contributed by atoms with van der Waals surface area (Å²) in [4.78, 5) is 0. The quantitative estimate of drug-likeness (QED) is 0.0678. The Bertz CT molecular complexity index is 1980. The second-order valence-electron chi connectivity index (χ2n) is 25.7. The van der Waals surface area contributed by atoms with Gasteiger partial charge >= 0.3 is 0 Å². The zero-order valence-corrected chi connectivity index (χ0v) is 45.6. The smallest absolute Gasteiger partial charge is 0.187 e. The van der Waals surface area contributed by atoms with Gasteiger partial charge in [-0.25, -0.2) is 0 Å². The molecule has 8 aliphatic rings. The van der Waals surface area contributed by atoms with Crippen LogP contribution in [0.5, 0.6) is 0 Å². The molecule has 0 aromatic rings. The summed E-state index contributed by atoms with van der Waals surface area (Å²) in [5.74, 6) is -0.481. The van der Waals surface area contributed by atoms with Crippen LogP contribution in [0.4, 0.5) is 0 Å². The lowest BCUT2D eigenvalue weighted by atomic mass is 9.35. The Morgan fingerprint density at radius 2 is 1.05 bits per heavy atom. The maximum absolute atomic E-state index is 12.9. The minimum Gasteiger partial charge on any atom is -0.394 e. The topological polar surface area (TPSA) is 357 Å². The third kappa shape index (κ3) is 10.4. The molecule has 4 aliphatic carbocycles. The van der Waals surface area contributed by atoms with Crippen molar-refractivity contribution >= 4 is 0 Å². The van der Waals surface area contributed by atoms with Gasteiger partial charge in [0.15, 0.2) is 25.2 Å². The highest BCUT2D eigenvalue weighted by molar-refractivity contribution is 5.21. The molecule has 30 unspecified atom stereocenters. The molecular formula is C54H92O22. The van der Waals surface area contributed by atoms with Crippen molar-refractivity contribution in [2.24, 2.45) is 45.3 Å². The Balaban J connectivity index is 1.05. The van der Waals surface area contributed by atoms with Crippen LogP contribution in [-0.2, 0) is 37.9 Å². The molecule has 4 heterocycles. The van der Waals surface area contributed by atoms with Crippen molar-refractivity contribution in [3.05, 3.63) is 11.6 Å². The first-order valence-corrected chi connectivity index (χ1v) is 27.8. The Labute approximate surface area is 445 Å². The summed E-state index contributed by atoms with van der Waals surface area (Å²) in [6.45, 7) is 16.7. The van der Waals surface area contributed by atoms with Crippen LogP contribution in [0.15, 0.2) is 11.6 Å². The Morgan fingerprint density at radius 1 is 0.553 bits per heavy atom. The number of hydrogen-bond donors (Lipinski definition) is 14. The molecule has 8 fully saturated rings. The van der Waals surface area contributed by atoms with Crippen molar-refractivity contribution in [2.45, 2.75) is 261 Å². The van der Waals surface area contributed by atoms with E-state index in [0.717, 1.165) is 24.8 Å². The molecule has 440 valence electrons. The van der Waals surface area contributed by atoms with Crippen LogP contribution in [-0.4, -0.2) is 232 Å². The molecular weight excluding hydrogens is 1000 g/mol. The number of allylic oxidation sites excluding steroid dienone is 2. The van der Waals surface area contributed by atoms with Gasteiger partial charge in [-0.1, -0.05) is 46.3 Å². The second-order valence-corrected chi connectivity index (χ2v) is 25.7. The van der Waals surface area contributed by atoms with Crippen molar-refractivity contribution < 1.29 is 109 Å². The van der Waals surface area contributed by atoms with Gasteiger partial charge in [-0.2, -0.15) is 0 Å². The minimum atomic E-state index is -1.82. The first-order valence-electron chi connectivity index (χ1n) is 27.8. The van der Waals surface area contributed by atoms with Gasteiger partial charge in [0.1, 0.15) is 91.6 Å². The van der Waals surface area contributed by atoms with E-state index in [2.05, 4.69) is 40.7 Å². The number of aliphatic hydroxyl groups excluding tert-OH is 14. The van der Waals surface area contributed by atoms with Gasteiger partial charge in [0, 0.05) is 0 Å². The molecule has 4 aliphatic heterocycles. The van der Waals surface area contributed by atoms with E-state index in [-0.39, 0.29) is 34.5 Å². The first kappa shape index (κ1) is 60.9. The summed E-state index contributed by atoms with van der Waals surface area (Å²) < 4.78 is 49.9. The molecule has 0 spiro atoms. The molecule has 30 atom stereocenters. The third-order valence-electron chi connectivity index (χ3n) is 20.9. The molecule has 0 bridgehead atoms. The van der Waals surface area contributed by atoms with Crippen LogP contribution in [0.3, 0.4) is 0 Å². The molecule has 0 aromatic heterocycles. The molecule has 4 saturated heterocycles. The van der Waals surface area contributed by atoms with E-state index in [1.54, 1.807) is 0 Å². The van der Waals surface area contributed by atoms with Crippen LogP contribution >= 0.6 is 0 Å². The zero-order valence-electron chi connectivity index (χ0n) is 45.6. The maximum Gasteiger partial charge on any atom is 0.187 e. The lowest BCUT2D eigenvalue weighted by Gasteiger charge is -2.71. The molecule has 76 heavy (non-hydrogen) atoms. The second kappa shape index (κ2) is 22.9. The van der Waals surface area contributed by atoms with Gasteiger partial charge in [0.05, 0.1) is 43.7 Å². The van der Waals surface area contributed by atoms with E-state index in [1.165, 1.54) is 6.92 Å². The highest BCUT2D eigenvalue weighted by atomic mass is 16.8. The number of aliphatic hydroxyl groups is 14. The van der Waals surface area contributed by atoms with E-state index in [9.17, 15) is 71.5 Å². The van der Waals surface area contributed by atoms with Crippen LogP contribution in [0.25, 0.3) is 0 Å². The first-order chi connectivity index (χ1) is 35.5. The van der Waals surface area contributed by atoms with Crippen molar-refractivity contribution in [3.8, 4) is 0 Å². The summed E-state index contributed by atoms with van der Waals surface area (Å²) in [5.41, 5.74) is -1.60. The van der Waals surface area contributed by atoms with Crippen LogP contribution < -0.4 is 0 Å². The van der Waals surface area contributed by atoms with Gasteiger partial charge < -0.3 is 109 Å². The lowest BCUT2D eigenvalue weighted by molar-refractivity contribution is -0.380. The number of rotatable bonds is 15. The average molecular weight is 1090 g/mol. The van der Waals surface area contributed by atoms with Crippen molar-refractivity contribution in [3.63, 3.8) is 0 Å². The molecule has 0 amide bonds. The molecule has 0 radical (unpaired) electrons. The molecule has 8 rings (SSSR count). The maximum atomic E-state index is 12.9. The Kier molecular flexibility index (Phi) is 18.4. The van der Waals surface area contributed by atoms with E-state index in [4.69, 9.17) is 37.9 Å².